The summed E-state index contributed by atoms with van der Waals surface area (Å²) in [6, 6.07) is 4.74. The first-order valence-electron chi connectivity index (χ1n) is 4.19. The fraction of sp³-hybridized carbons (Fsp3) is 0.143. The number of hydrogen-bond acceptors (Lipinski definition) is 3. The van der Waals surface area contributed by atoms with Crippen molar-refractivity contribution in [1.82, 2.24) is 0 Å². The van der Waals surface area contributed by atoms with Crippen molar-refractivity contribution in [3.63, 3.8) is 0 Å². The quantitative estimate of drug-likeness (QED) is 0.370. The number of rotatable bonds is 4. The van der Waals surface area contributed by atoms with Crippen LogP contribution in [0.4, 0.5) is 0 Å². The predicted octanol–water partition coefficient (Wildman–Crippen LogP) is 1.36. The Morgan fingerprint density at radius 1 is 1.29 bits per heavy atom. The molecule has 0 fully saturated rings. The summed E-state index contributed by atoms with van der Waals surface area (Å²) in [6.45, 7) is 0. The first-order chi connectivity index (χ1) is 7.74. The summed E-state index contributed by atoms with van der Waals surface area (Å²) in [4.78, 5) is 19.4. The van der Waals surface area contributed by atoms with E-state index in [1.54, 1.807) is 0 Å². The molecule has 17 heavy (non-hydrogen) atoms. The van der Waals surface area contributed by atoms with E-state index in [0.717, 1.165) is 12.1 Å². The van der Waals surface area contributed by atoms with Gasteiger partial charge in [-0.05, 0) is 23.2 Å². The van der Waals surface area contributed by atoms with Gasteiger partial charge in [-0.3, -0.25) is 4.57 Å². The summed E-state index contributed by atoms with van der Waals surface area (Å²) < 4.78 is 35.8. The van der Waals surface area contributed by atoms with E-state index in [2.05, 4.69) is 9.43 Å². The van der Waals surface area contributed by atoms with E-state index in [1.807, 2.05) is 0 Å². The zero-order chi connectivity index (χ0) is 13.1. The second-order valence-corrected chi connectivity index (χ2v) is 6.34. The molecule has 0 aromatic heterocycles. The molecule has 0 amide bonds. The molecule has 0 aliphatic carbocycles. The molecular weight excluding hydrogens is 269 g/mol. The van der Waals surface area contributed by atoms with E-state index >= 15 is 0 Å². The number of hydrogen-bond donors (Lipinski definition) is 2. The second-order valence-electron chi connectivity index (χ2n) is 3.11. The van der Waals surface area contributed by atoms with Crippen LogP contribution in [0.2, 0.25) is 0 Å². The van der Waals surface area contributed by atoms with Crippen molar-refractivity contribution in [3.8, 4) is 0 Å². The minimum absolute atomic E-state index is 0.232. The fourth-order valence-electron chi connectivity index (χ4n) is 1.10. The van der Waals surface area contributed by atoms with E-state index < -0.39 is 23.8 Å². The summed E-state index contributed by atoms with van der Waals surface area (Å²) in [5, 5.41) is 0. The van der Waals surface area contributed by atoms with Crippen LogP contribution in [0.25, 0.3) is 10.4 Å². The fourth-order valence-corrected chi connectivity index (χ4v) is 2.46. The molecule has 92 valence electrons. The van der Waals surface area contributed by atoms with Gasteiger partial charge in [0.1, 0.15) is 0 Å². The molecule has 0 spiro atoms. The lowest BCUT2D eigenvalue weighted by Gasteiger charge is -2.04. The Morgan fingerprint density at radius 2 is 1.82 bits per heavy atom. The Balaban J connectivity index is 3.05. The summed E-state index contributed by atoms with van der Waals surface area (Å²) in [7, 11) is -8.24. The van der Waals surface area contributed by atoms with Crippen molar-refractivity contribution in [1.29, 1.82) is 0 Å². The molecule has 8 nitrogen and oxygen atoms in total. The van der Waals surface area contributed by atoms with Crippen molar-refractivity contribution >= 4 is 17.6 Å². The third-order valence-electron chi connectivity index (χ3n) is 1.75. The van der Waals surface area contributed by atoms with Gasteiger partial charge in [0.25, 0.3) is 10.0 Å². The van der Waals surface area contributed by atoms with Crippen molar-refractivity contribution < 1.29 is 22.8 Å². The van der Waals surface area contributed by atoms with Crippen LogP contribution in [-0.4, -0.2) is 18.2 Å². The molecule has 1 rings (SSSR count). The van der Waals surface area contributed by atoms with Crippen molar-refractivity contribution in [2.24, 2.45) is 4.52 Å². The molecule has 1 aromatic rings. The topological polar surface area (TPSA) is 140 Å². The lowest BCUT2D eigenvalue weighted by Crippen LogP contribution is -1.95. The molecule has 0 saturated heterocycles. The number of nitrogens with zero attached hydrogens (tertiary/aromatic N) is 3. The van der Waals surface area contributed by atoms with Crippen LogP contribution >= 0.6 is 7.60 Å². The van der Waals surface area contributed by atoms with Crippen LogP contribution in [0.15, 0.2) is 33.7 Å². The largest absolute Gasteiger partial charge is 0.329 e. The molecule has 0 aliphatic rings. The molecule has 0 aliphatic heterocycles. The third-order valence-corrected chi connectivity index (χ3v) is 3.69. The predicted molar refractivity (Wildman–Crippen MR) is 58.5 cm³/mol. The molecule has 0 atom stereocenters. The average Bonchev–Trinajstić information content (AvgIpc) is 2.15. The molecule has 0 heterocycles. The number of benzene rings is 1. The van der Waals surface area contributed by atoms with Gasteiger partial charge in [-0.2, -0.15) is 0 Å². The molecule has 1 aromatic carbocycles. The minimum Gasteiger partial charge on any atom is -0.324 e. The molecular formula is C7H8N3O5PS. The van der Waals surface area contributed by atoms with Crippen molar-refractivity contribution in [2.45, 2.75) is 11.1 Å². The second kappa shape index (κ2) is 4.87. The zero-order valence-corrected chi connectivity index (χ0v) is 10.0. The van der Waals surface area contributed by atoms with Gasteiger partial charge in [0, 0.05) is 9.43 Å². The highest BCUT2D eigenvalue weighted by molar-refractivity contribution is 7.90. The Kier molecular flexibility index (Phi) is 3.92. The monoisotopic (exact) mass is 277 g/mol. The summed E-state index contributed by atoms with van der Waals surface area (Å²) in [5.41, 5.74) is 8.34. The van der Waals surface area contributed by atoms with Crippen LogP contribution in [0.5, 0.6) is 0 Å². The lowest BCUT2D eigenvalue weighted by atomic mass is 10.2. The maximum atomic E-state index is 11.3. The van der Waals surface area contributed by atoms with Gasteiger partial charge in [0.05, 0.1) is 11.1 Å². The van der Waals surface area contributed by atoms with Crippen LogP contribution in [-0.2, 0) is 20.8 Å². The van der Waals surface area contributed by atoms with Gasteiger partial charge in [-0.15, -0.1) is 0 Å². The van der Waals surface area contributed by atoms with Gasteiger partial charge in [0.2, 0.25) is 0 Å². The summed E-state index contributed by atoms with van der Waals surface area (Å²) in [6.07, 6.45) is -0.477. The standard InChI is InChI=1S/C7H8N3O5PS/c8-9-10-17(14,15)7-3-1-6(2-4-7)5-16(11,12)13/h1-4H,5H2,(H2,11,12,13). The maximum Gasteiger partial charge on any atom is 0.329 e. The smallest absolute Gasteiger partial charge is 0.324 e. The molecule has 0 unspecified atom stereocenters. The Bertz CT molecular complexity index is 599. The van der Waals surface area contributed by atoms with Gasteiger partial charge in [0.15, 0.2) is 0 Å². The van der Waals surface area contributed by atoms with Crippen LogP contribution in [0.3, 0.4) is 0 Å². The first-order valence-corrected chi connectivity index (χ1v) is 7.43. The molecule has 0 saturated carbocycles. The van der Waals surface area contributed by atoms with Gasteiger partial charge < -0.3 is 9.79 Å². The summed E-state index contributed by atoms with van der Waals surface area (Å²) >= 11 is 0. The average molecular weight is 277 g/mol. The Morgan fingerprint density at radius 3 is 2.24 bits per heavy atom. The highest BCUT2D eigenvalue weighted by Crippen LogP contribution is 2.39. The third kappa shape index (κ3) is 4.18. The maximum absolute atomic E-state index is 11.3. The van der Waals surface area contributed by atoms with E-state index in [9.17, 15) is 13.0 Å². The SMILES string of the molecule is [N-]=[N+]=NS(=O)(=O)c1ccc(CP(=O)(O)O)cc1. The number of azide groups is 1. The van der Waals surface area contributed by atoms with E-state index in [4.69, 9.17) is 15.3 Å². The van der Waals surface area contributed by atoms with Crippen LogP contribution < -0.4 is 0 Å². The highest BCUT2D eigenvalue weighted by atomic mass is 32.2. The first kappa shape index (κ1) is 13.7. The van der Waals surface area contributed by atoms with Gasteiger partial charge in [-0.25, -0.2) is 8.42 Å². The Hall–Kier alpha value is -1.37. The molecule has 0 bridgehead atoms. The van der Waals surface area contributed by atoms with E-state index in [-0.39, 0.29) is 4.90 Å². The highest BCUT2D eigenvalue weighted by Gasteiger charge is 2.15. The normalized spacial score (nSPS) is 11.9. The molecule has 0 radical (unpaired) electrons. The lowest BCUT2D eigenvalue weighted by molar-refractivity contribution is 0.371. The Labute approximate surface area is 96.7 Å². The van der Waals surface area contributed by atoms with Crippen LogP contribution in [0.1, 0.15) is 5.56 Å². The number of sulfonamides is 1. The van der Waals surface area contributed by atoms with Crippen molar-refractivity contribution in [3.05, 3.63) is 40.3 Å². The van der Waals surface area contributed by atoms with Crippen LogP contribution in [0, 0.1) is 0 Å². The minimum atomic E-state index is -4.19. The van der Waals surface area contributed by atoms with Crippen molar-refractivity contribution in [2.75, 3.05) is 0 Å². The van der Waals surface area contributed by atoms with E-state index in [0.29, 0.717) is 5.56 Å². The molecule has 2 N–H and O–H groups in total. The van der Waals surface area contributed by atoms with Gasteiger partial charge in [-0.1, -0.05) is 12.1 Å². The molecule has 10 heteroatoms. The van der Waals surface area contributed by atoms with Gasteiger partial charge >= 0.3 is 7.60 Å². The zero-order valence-electron chi connectivity index (χ0n) is 8.33. The van der Waals surface area contributed by atoms with E-state index in [1.165, 1.54) is 12.1 Å². The summed E-state index contributed by atoms with van der Waals surface area (Å²) in [5.74, 6) is 0.